The Bertz CT molecular complexity index is 675. The fourth-order valence-electron chi connectivity index (χ4n) is 1.80. The molecule has 22 heavy (non-hydrogen) atoms. The molecule has 0 aliphatic heterocycles. The molecule has 6 heteroatoms. The van der Waals surface area contributed by atoms with E-state index in [4.69, 9.17) is 10.00 Å². The molecule has 1 heterocycles. The summed E-state index contributed by atoms with van der Waals surface area (Å²) in [6, 6.07) is 10.5. The number of hydrogen-bond acceptors (Lipinski definition) is 4. The van der Waals surface area contributed by atoms with E-state index in [1.807, 2.05) is 37.4 Å². The van der Waals surface area contributed by atoms with Gasteiger partial charge in [0.05, 0.1) is 30.0 Å². The monoisotopic (exact) mass is 315 g/mol. The maximum Gasteiger partial charge on any atom is 0.319 e. The van der Waals surface area contributed by atoms with E-state index in [9.17, 15) is 4.79 Å². The van der Waals surface area contributed by atoms with Gasteiger partial charge < -0.3 is 15.4 Å². The van der Waals surface area contributed by atoms with Gasteiger partial charge in [-0.1, -0.05) is 6.07 Å². The van der Waals surface area contributed by atoms with Crippen molar-refractivity contribution in [2.24, 2.45) is 0 Å². The van der Waals surface area contributed by atoms with Gasteiger partial charge >= 0.3 is 6.03 Å². The average molecular weight is 315 g/mol. The van der Waals surface area contributed by atoms with Gasteiger partial charge in [-0.25, -0.2) is 4.79 Å². The van der Waals surface area contributed by atoms with E-state index in [1.54, 1.807) is 29.5 Å². The van der Waals surface area contributed by atoms with E-state index in [2.05, 4.69) is 10.6 Å². The van der Waals surface area contributed by atoms with Crippen LogP contribution in [0.15, 0.2) is 35.7 Å². The standard InChI is InChI=1S/C16H17N3O2S/c1-11(2)21-15-6-5-12(9-17)8-14(15)19-16(20)18-10-13-4-3-7-22-13/h3-8,11H,10H2,1-2H3,(H2,18,19,20). The van der Waals surface area contributed by atoms with Crippen molar-refractivity contribution < 1.29 is 9.53 Å². The number of nitriles is 1. The van der Waals surface area contributed by atoms with Gasteiger partial charge in [0.2, 0.25) is 0 Å². The van der Waals surface area contributed by atoms with Gasteiger partial charge in [-0.05, 0) is 43.5 Å². The average Bonchev–Trinajstić information content (AvgIpc) is 3.00. The first-order chi connectivity index (χ1) is 10.6. The van der Waals surface area contributed by atoms with Crippen molar-refractivity contribution in [3.63, 3.8) is 0 Å². The van der Waals surface area contributed by atoms with Crippen LogP contribution in [0.2, 0.25) is 0 Å². The number of ether oxygens (including phenoxy) is 1. The third-order valence-corrected chi connectivity index (χ3v) is 3.60. The number of nitrogens with zero attached hydrogens (tertiary/aromatic N) is 1. The van der Waals surface area contributed by atoms with Crippen molar-refractivity contribution in [2.75, 3.05) is 5.32 Å². The Balaban J connectivity index is 2.06. The lowest BCUT2D eigenvalue weighted by atomic mass is 10.2. The molecule has 1 aromatic heterocycles. The van der Waals surface area contributed by atoms with Crippen molar-refractivity contribution in [1.29, 1.82) is 5.26 Å². The summed E-state index contributed by atoms with van der Waals surface area (Å²) in [5.41, 5.74) is 0.945. The molecule has 0 atom stereocenters. The molecule has 0 bridgehead atoms. The Morgan fingerprint density at radius 2 is 2.23 bits per heavy atom. The number of urea groups is 1. The Hall–Kier alpha value is -2.52. The van der Waals surface area contributed by atoms with Gasteiger partial charge in [-0.15, -0.1) is 11.3 Å². The van der Waals surface area contributed by atoms with E-state index < -0.39 is 0 Å². The van der Waals surface area contributed by atoms with E-state index in [0.717, 1.165) is 4.88 Å². The van der Waals surface area contributed by atoms with E-state index in [1.165, 1.54) is 0 Å². The van der Waals surface area contributed by atoms with Gasteiger partial charge in [0, 0.05) is 4.88 Å². The van der Waals surface area contributed by atoms with Crippen LogP contribution < -0.4 is 15.4 Å². The normalized spacial score (nSPS) is 10.1. The van der Waals surface area contributed by atoms with Gasteiger partial charge in [0.1, 0.15) is 5.75 Å². The number of carbonyl (C=O) groups is 1. The van der Waals surface area contributed by atoms with Crippen molar-refractivity contribution in [1.82, 2.24) is 5.32 Å². The highest BCUT2D eigenvalue weighted by atomic mass is 32.1. The summed E-state index contributed by atoms with van der Waals surface area (Å²) in [5, 5.41) is 16.4. The molecule has 2 aromatic rings. The van der Waals surface area contributed by atoms with Gasteiger partial charge in [0.25, 0.3) is 0 Å². The molecule has 0 aliphatic carbocycles. The van der Waals surface area contributed by atoms with Crippen molar-refractivity contribution in [3.8, 4) is 11.8 Å². The minimum absolute atomic E-state index is 0.0253. The second-order valence-corrected chi connectivity index (χ2v) is 5.91. The summed E-state index contributed by atoms with van der Waals surface area (Å²) < 4.78 is 5.65. The number of hydrogen-bond donors (Lipinski definition) is 2. The maximum absolute atomic E-state index is 12.0. The highest BCUT2D eigenvalue weighted by Gasteiger charge is 2.10. The van der Waals surface area contributed by atoms with Crippen LogP contribution in [-0.4, -0.2) is 12.1 Å². The zero-order valence-electron chi connectivity index (χ0n) is 12.4. The summed E-state index contributed by atoms with van der Waals surface area (Å²) in [7, 11) is 0. The molecule has 5 nitrogen and oxygen atoms in total. The summed E-state index contributed by atoms with van der Waals surface area (Å²) >= 11 is 1.58. The predicted molar refractivity (Wildman–Crippen MR) is 87.1 cm³/mol. The molecule has 2 rings (SSSR count). The Labute approximate surface area is 133 Å². The van der Waals surface area contributed by atoms with Crippen LogP contribution in [0, 0.1) is 11.3 Å². The third-order valence-electron chi connectivity index (χ3n) is 2.72. The van der Waals surface area contributed by atoms with Gasteiger partial charge in [-0.3, -0.25) is 0 Å². The lowest BCUT2D eigenvalue weighted by Gasteiger charge is -2.15. The first-order valence-corrected chi connectivity index (χ1v) is 7.74. The Morgan fingerprint density at radius 1 is 1.41 bits per heavy atom. The first kappa shape index (κ1) is 15.9. The minimum atomic E-state index is -0.336. The lowest BCUT2D eigenvalue weighted by Crippen LogP contribution is -2.28. The van der Waals surface area contributed by atoms with Crippen LogP contribution in [0.25, 0.3) is 0 Å². The fraction of sp³-hybridized carbons (Fsp3) is 0.250. The molecule has 0 fully saturated rings. The van der Waals surface area contributed by atoms with Crippen LogP contribution in [-0.2, 0) is 6.54 Å². The number of rotatable bonds is 5. The topological polar surface area (TPSA) is 74.1 Å². The number of thiophene rings is 1. The molecule has 0 spiro atoms. The van der Waals surface area contributed by atoms with E-state index in [-0.39, 0.29) is 12.1 Å². The van der Waals surface area contributed by atoms with Crippen LogP contribution in [0.5, 0.6) is 5.75 Å². The number of benzene rings is 1. The highest BCUT2D eigenvalue weighted by Crippen LogP contribution is 2.26. The van der Waals surface area contributed by atoms with Crippen molar-refractivity contribution >= 4 is 23.1 Å². The molecule has 114 valence electrons. The summed E-state index contributed by atoms with van der Waals surface area (Å²) in [6.07, 6.45) is -0.0253. The summed E-state index contributed by atoms with van der Waals surface area (Å²) in [4.78, 5) is 13.1. The predicted octanol–water partition coefficient (Wildman–Crippen LogP) is 3.73. The molecular formula is C16H17N3O2S. The number of nitrogens with one attached hydrogen (secondary N) is 2. The first-order valence-electron chi connectivity index (χ1n) is 6.86. The quantitative estimate of drug-likeness (QED) is 0.883. The zero-order valence-corrected chi connectivity index (χ0v) is 13.2. The fourth-order valence-corrected chi connectivity index (χ4v) is 2.45. The maximum atomic E-state index is 12.0. The SMILES string of the molecule is CC(C)Oc1ccc(C#N)cc1NC(=O)NCc1cccs1. The Kier molecular flexibility index (Phi) is 5.39. The Morgan fingerprint density at radius 3 is 2.86 bits per heavy atom. The molecule has 1 aromatic carbocycles. The van der Waals surface area contributed by atoms with Crippen LogP contribution in [0.4, 0.5) is 10.5 Å². The smallest absolute Gasteiger partial charge is 0.319 e. The molecule has 0 saturated heterocycles. The van der Waals surface area contributed by atoms with Crippen LogP contribution >= 0.6 is 11.3 Å². The second kappa shape index (κ2) is 7.48. The molecule has 2 N–H and O–H groups in total. The largest absolute Gasteiger partial charge is 0.489 e. The summed E-state index contributed by atoms with van der Waals surface area (Å²) in [5.74, 6) is 0.542. The van der Waals surface area contributed by atoms with Gasteiger partial charge in [-0.2, -0.15) is 5.26 Å². The molecule has 0 saturated carbocycles. The van der Waals surface area contributed by atoms with Crippen LogP contribution in [0.3, 0.4) is 0 Å². The second-order valence-electron chi connectivity index (χ2n) is 4.88. The van der Waals surface area contributed by atoms with Crippen LogP contribution in [0.1, 0.15) is 24.3 Å². The van der Waals surface area contributed by atoms with Crippen molar-refractivity contribution in [3.05, 3.63) is 46.2 Å². The molecule has 0 radical (unpaired) electrons. The number of anilines is 1. The third kappa shape index (κ3) is 4.50. The summed E-state index contributed by atoms with van der Waals surface area (Å²) in [6.45, 7) is 4.26. The minimum Gasteiger partial charge on any atom is -0.489 e. The van der Waals surface area contributed by atoms with Gasteiger partial charge in [0.15, 0.2) is 0 Å². The molecule has 2 amide bonds. The van der Waals surface area contributed by atoms with Crippen molar-refractivity contribution in [2.45, 2.75) is 26.5 Å². The number of carbonyl (C=O) groups excluding carboxylic acids is 1. The van der Waals surface area contributed by atoms with E-state index in [0.29, 0.717) is 23.5 Å². The van der Waals surface area contributed by atoms with E-state index >= 15 is 0 Å². The lowest BCUT2D eigenvalue weighted by molar-refractivity contribution is 0.241. The zero-order chi connectivity index (χ0) is 15.9. The molecule has 0 aliphatic rings. The highest BCUT2D eigenvalue weighted by molar-refractivity contribution is 7.09. The number of amides is 2. The molecular weight excluding hydrogens is 298 g/mol. The molecule has 0 unspecified atom stereocenters.